The van der Waals surface area contributed by atoms with Crippen LogP contribution in [0.4, 0.5) is 5.82 Å². The number of nitrogens with one attached hydrogen (secondary N) is 1. The molecule has 3 aliphatic rings. The molecule has 4 N–H and O–H groups in total. The highest BCUT2D eigenvalue weighted by molar-refractivity contribution is 9.10. The number of carboxylic acids is 1. The molecule has 4 heterocycles. The second kappa shape index (κ2) is 21.3. The van der Waals surface area contributed by atoms with Gasteiger partial charge in [-0.15, -0.1) is 0 Å². The lowest BCUT2D eigenvalue weighted by Gasteiger charge is -2.26. The minimum atomic E-state index is -0.726. The Morgan fingerprint density at radius 2 is 1.25 bits per heavy atom. The van der Waals surface area contributed by atoms with E-state index in [-0.39, 0.29) is 41.6 Å². The van der Waals surface area contributed by atoms with Crippen LogP contribution in [-0.2, 0) is 23.9 Å². The molecule has 0 aliphatic heterocycles. The van der Waals surface area contributed by atoms with Crippen LogP contribution in [-0.4, -0.2) is 97.6 Å². The Morgan fingerprint density at radius 3 is 1.78 bits per heavy atom. The molecule has 3 fully saturated rings. The monoisotopic (exact) mass is 957 g/mol. The van der Waals surface area contributed by atoms with Crippen molar-refractivity contribution >= 4 is 73.0 Å². The summed E-state index contributed by atoms with van der Waals surface area (Å²) < 4.78 is 26.7. The predicted octanol–water partition coefficient (Wildman–Crippen LogP) is 7.54. The molecule has 0 radical (unpaired) electrons. The zero-order chi connectivity index (χ0) is 46.2. The van der Waals surface area contributed by atoms with E-state index in [1.165, 1.54) is 21.3 Å². The topological polar surface area (TPSA) is 229 Å². The zero-order valence-corrected chi connectivity index (χ0v) is 38.6. The third-order valence-corrected chi connectivity index (χ3v) is 13.4. The summed E-state index contributed by atoms with van der Waals surface area (Å²) >= 11 is 3.50. The largest absolute Gasteiger partial charge is 0.496 e. The van der Waals surface area contributed by atoms with Crippen LogP contribution in [0.5, 0.6) is 11.5 Å². The van der Waals surface area contributed by atoms with Gasteiger partial charge < -0.3 is 35.1 Å². The van der Waals surface area contributed by atoms with Crippen LogP contribution < -0.4 is 20.5 Å². The number of halogens is 1. The molecule has 0 unspecified atom stereocenters. The minimum absolute atomic E-state index is 0.0421. The Labute approximate surface area is 384 Å². The molecule has 6 aromatic rings. The zero-order valence-electron chi connectivity index (χ0n) is 37.0. The molecule has 65 heavy (non-hydrogen) atoms. The first kappa shape index (κ1) is 46.9. The first-order chi connectivity index (χ1) is 31.4. The van der Waals surface area contributed by atoms with Crippen LogP contribution in [0.2, 0.25) is 0 Å². The molecule has 2 aromatic carbocycles. The maximum absolute atomic E-state index is 13.0. The number of carbonyl (C=O) groups is 4. The molecule has 19 heteroatoms. The molecule has 4 aromatic heterocycles. The molecule has 0 spiro atoms. The van der Waals surface area contributed by atoms with Gasteiger partial charge in [-0.1, -0.05) is 0 Å². The number of benzene rings is 2. The molecular weight excluding hydrogens is 902 g/mol. The van der Waals surface area contributed by atoms with Gasteiger partial charge in [0.15, 0.2) is 11.5 Å². The van der Waals surface area contributed by atoms with Gasteiger partial charge in [-0.3, -0.25) is 28.5 Å². The van der Waals surface area contributed by atoms with Crippen LogP contribution in [0, 0.1) is 17.8 Å². The first-order valence-electron chi connectivity index (χ1n) is 21.9. The molecular formula is C46H56BrN9O9. The van der Waals surface area contributed by atoms with Gasteiger partial charge in [0.05, 0.1) is 85.5 Å². The Kier molecular flexibility index (Phi) is 15.3. The van der Waals surface area contributed by atoms with Gasteiger partial charge in [-0.2, -0.15) is 19.8 Å². The summed E-state index contributed by atoms with van der Waals surface area (Å²) in [6.07, 6.45) is 17.3. The second-order valence-corrected chi connectivity index (χ2v) is 17.6. The Bertz CT molecular complexity index is 2620. The summed E-state index contributed by atoms with van der Waals surface area (Å²) in [5, 5.41) is 27.5. The molecule has 0 atom stereocenters. The second-order valence-electron chi connectivity index (χ2n) is 16.8. The van der Waals surface area contributed by atoms with Gasteiger partial charge in [0.1, 0.15) is 11.5 Å². The molecule has 1 amide bonds. The van der Waals surface area contributed by atoms with E-state index in [1.807, 2.05) is 27.7 Å². The van der Waals surface area contributed by atoms with E-state index in [0.717, 1.165) is 96.2 Å². The smallest absolute Gasteiger partial charge is 0.308 e. The van der Waals surface area contributed by atoms with Crippen molar-refractivity contribution in [3.63, 3.8) is 0 Å². The fraction of sp³-hybridized carbons (Fsp3) is 0.478. The van der Waals surface area contributed by atoms with E-state index in [4.69, 9.17) is 19.9 Å². The number of hydrogen-bond acceptors (Lipinski definition) is 13. The van der Waals surface area contributed by atoms with E-state index < -0.39 is 5.97 Å². The normalized spacial score (nSPS) is 21.9. The van der Waals surface area contributed by atoms with Crippen LogP contribution >= 0.6 is 15.9 Å². The number of aromatic nitrogens is 7. The number of rotatable bonds is 9. The number of carboxylic acid groups (broad SMARTS) is 1. The fourth-order valence-electron chi connectivity index (χ4n) is 8.94. The highest BCUT2D eigenvalue weighted by atomic mass is 79.9. The van der Waals surface area contributed by atoms with Crippen molar-refractivity contribution in [3.8, 4) is 11.5 Å². The van der Waals surface area contributed by atoms with Gasteiger partial charge in [0.25, 0.3) is 5.91 Å². The van der Waals surface area contributed by atoms with Gasteiger partial charge >= 0.3 is 17.9 Å². The van der Waals surface area contributed by atoms with Crippen molar-refractivity contribution in [1.82, 2.24) is 34.2 Å². The van der Waals surface area contributed by atoms with Crippen LogP contribution in [0.25, 0.3) is 27.5 Å². The number of carbonyl (C=O) groups excluding carboxylic acids is 3. The number of ether oxygens (including phenoxy) is 4. The number of hydrogen-bond donors (Lipinski definition) is 3. The first-order valence-corrected chi connectivity index (χ1v) is 22.7. The molecule has 18 nitrogen and oxygen atoms in total. The van der Waals surface area contributed by atoms with Crippen molar-refractivity contribution in [3.05, 3.63) is 71.2 Å². The highest BCUT2D eigenvalue weighted by Gasteiger charge is 2.30. The van der Waals surface area contributed by atoms with E-state index in [9.17, 15) is 24.3 Å². The van der Waals surface area contributed by atoms with E-state index >= 15 is 0 Å². The van der Waals surface area contributed by atoms with Gasteiger partial charge in [-0.05, 0) is 117 Å². The number of nitrogens with two attached hydrogens (primary N) is 1. The molecule has 9 rings (SSSR count). The quantitative estimate of drug-likeness (QED) is 0.119. The van der Waals surface area contributed by atoms with Crippen molar-refractivity contribution in [2.75, 3.05) is 33.8 Å². The summed E-state index contributed by atoms with van der Waals surface area (Å²) in [6, 6.07) is 11.8. The number of amides is 1. The number of aliphatic carboxylic acids is 1. The Morgan fingerprint density at radius 1 is 0.723 bits per heavy atom. The van der Waals surface area contributed by atoms with Crippen LogP contribution in [0.15, 0.2) is 65.7 Å². The SMILES string of the molecule is COC(=O)C1CCC(N)CC1.COC(=O)C1CCC(n2cc3cc(Br)c(OC)cc3n2)CC1.COc1cc2nn(C3CCC(C(=O)O)CC3)cc2cc1C(=O)Nc1cnc2cccnn12. The van der Waals surface area contributed by atoms with Crippen molar-refractivity contribution in [1.29, 1.82) is 0 Å². The lowest BCUT2D eigenvalue weighted by molar-refractivity contribution is -0.147. The minimum Gasteiger partial charge on any atom is -0.496 e. The number of anilines is 1. The van der Waals surface area contributed by atoms with E-state index in [1.54, 1.807) is 48.3 Å². The third kappa shape index (κ3) is 11.1. The van der Waals surface area contributed by atoms with E-state index in [0.29, 0.717) is 47.7 Å². The number of nitrogens with zero attached hydrogens (tertiary/aromatic N) is 7. The summed E-state index contributed by atoms with van der Waals surface area (Å²) in [7, 11) is 6.06. The predicted molar refractivity (Wildman–Crippen MR) is 245 cm³/mol. The summed E-state index contributed by atoms with van der Waals surface area (Å²) in [6.45, 7) is 0. The average molecular weight is 959 g/mol. The van der Waals surface area contributed by atoms with Gasteiger partial charge in [-0.25, -0.2) is 4.98 Å². The Hall–Kier alpha value is -6.08. The van der Waals surface area contributed by atoms with Crippen LogP contribution in [0.1, 0.15) is 99.5 Å². The van der Waals surface area contributed by atoms with Crippen molar-refractivity contribution in [2.24, 2.45) is 23.5 Å². The standard InChI is InChI=1S/C22H22N6O4.C16H19BrN2O3.C8H15NO2/c1-32-18-10-17-14(12-27(26-17)15-6-4-13(5-7-15)22(30)31)9-16(18)21(29)25-20-11-23-19-3-2-8-24-28(19)20;1-21-15-8-14-11(7-13(15)17)9-19(18-14)12-5-3-10(4-6-12)16(20)22-2;1-11-8(10)6-2-4-7(9)5-3-6/h2-3,8-13,15H,4-7H2,1H3,(H,25,29)(H,30,31);7-10,12H,3-6H2,1-2H3;6-7H,2-5,9H2,1H3. The van der Waals surface area contributed by atoms with Gasteiger partial charge in [0, 0.05) is 47.5 Å². The molecule has 3 aliphatic carbocycles. The Balaban J connectivity index is 0.000000164. The van der Waals surface area contributed by atoms with Gasteiger partial charge in [0.2, 0.25) is 0 Å². The number of fused-ring (bicyclic) bond motifs is 3. The maximum Gasteiger partial charge on any atom is 0.308 e. The van der Waals surface area contributed by atoms with Crippen molar-refractivity contribution in [2.45, 2.75) is 95.2 Å². The maximum atomic E-state index is 13.0. The summed E-state index contributed by atoms with van der Waals surface area (Å²) in [5.74, 6) is 0.305. The third-order valence-electron chi connectivity index (χ3n) is 12.7. The summed E-state index contributed by atoms with van der Waals surface area (Å²) in [5.41, 5.74) is 8.33. The molecule has 3 saturated carbocycles. The molecule has 346 valence electrons. The number of imidazole rings is 1. The highest BCUT2D eigenvalue weighted by Crippen LogP contribution is 2.36. The van der Waals surface area contributed by atoms with E-state index in [2.05, 4.69) is 52.5 Å². The lowest BCUT2D eigenvalue weighted by Crippen LogP contribution is -2.30. The molecule has 0 saturated heterocycles. The van der Waals surface area contributed by atoms with Crippen molar-refractivity contribution < 1.29 is 43.2 Å². The lowest BCUT2D eigenvalue weighted by atomic mass is 9.86. The fourth-order valence-corrected chi connectivity index (χ4v) is 9.47. The number of methoxy groups -OCH3 is 4. The number of esters is 2. The average Bonchev–Trinajstić information content (AvgIpc) is 4.07. The van der Waals surface area contributed by atoms with Crippen LogP contribution in [0.3, 0.4) is 0 Å². The summed E-state index contributed by atoms with van der Waals surface area (Å²) in [4.78, 5) is 51.1. The molecule has 0 bridgehead atoms.